The zero-order valence-corrected chi connectivity index (χ0v) is 18.8. The first-order valence-corrected chi connectivity index (χ1v) is 11.4. The number of piperidine rings is 1. The Morgan fingerprint density at radius 3 is 2.62 bits per heavy atom. The molecule has 1 fully saturated rings. The maximum Gasteiger partial charge on any atom is 0.314 e. The third-order valence-electron chi connectivity index (χ3n) is 6.25. The summed E-state index contributed by atoms with van der Waals surface area (Å²) in [4.78, 5) is 6.86. The lowest BCUT2D eigenvalue weighted by atomic mass is 9.88. The summed E-state index contributed by atoms with van der Waals surface area (Å²) >= 11 is 0. The van der Waals surface area contributed by atoms with E-state index in [-0.39, 0.29) is 5.89 Å². The minimum atomic E-state index is -2.80. The van der Waals surface area contributed by atoms with E-state index in [0.717, 1.165) is 36.6 Å². The third-order valence-corrected chi connectivity index (χ3v) is 6.25. The number of hydrogen-bond donors (Lipinski definition) is 0. The molecule has 0 unspecified atom stereocenters. The Kier molecular flexibility index (Phi) is 6.39. The van der Waals surface area contributed by atoms with Crippen LogP contribution in [-0.2, 0) is 6.54 Å². The van der Waals surface area contributed by atoms with E-state index in [1.807, 2.05) is 6.20 Å². The zero-order chi connectivity index (χ0) is 23.5. The van der Waals surface area contributed by atoms with Gasteiger partial charge in [0.1, 0.15) is 5.69 Å². The molecule has 1 aromatic carbocycles. The minimum absolute atomic E-state index is 0.0117. The molecule has 5 rings (SSSR count). The number of aromatic nitrogens is 6. The van der Waals surface area contributed by atoms with Crippen molar-refractivity contribution in [1.82, 2.24) is 35.1 Å². The molecule has 1 saturated heterocycles. The fraction of sp³-hybridized carbons (Fsp3) is 0.375. The SMILES string of the molecule is CCN1CCC(c2cccc(-c3cn(Cc4ccc(-c5nnc(C(F)F)o5)cn4)nn3)c2)CC1. The van der Waals surface area contributed by atoms with E-state index in [0.29, 0.717) is 18.0 Å². The Hall–Kier alpha value is -3.53. The molecule has 4 aromatic rings. The summed E-state index contributed by atoms with van der Waals surface area (Å²) in [7, 11) is 0. The van der Waals surface area contributed by atoms with Crippen molar-refractivity contribution in [2.24, 2.45) is 0 Å². The van der Waals surface area contributed by atoms with Gasteiger partial charge in [-0.25, -0.2) is 4.68 Å². The van der Waals surface area contributed by atoms with Crippen LogP contribution >= 0.6 is 0 Å². The highest BCUT2D eigenvalue weighted by Gasteiger charge is 2.20. The van der Waals surface area contributed by atoms with Gasteiger partial charge in [-0.05, 0) is 62.2 Å². The van der Waals surface area contributed by atoms with Gasteiger partial charge in [0.2, 0.25) is 5.89 Å². The number of pyridine rings is 1. The quantitative estimate of drug-likeness (QED) is 0.395. The Morgan fingerprint density at radius 2 is 1.91 bits per heavy atom. The number of nitrogens with zero attached hydrogens (tertiary/aromatic N) is 7. The Balaban J connectivity index is 1.25. The molecule has 1 aliphatic heterocycles. The summed E-state index contributed by atoms with van der Waals surface area (Å²) in [5.74, 6) is -0.113. The first-order chi connectivity index (χ1) is 16.6. The van der Waals surface area contributed by atoms with Crippen molar-refractivity contribution in [3.8, 4) is 22.7 Å². The van der Waals surface area contributed by atoms with Crippen molar-refractivity contribution in [2.75, 3.05) is 19.6 Å². The topological polar surface area (TPSA) is 85.8 Å². The second-order valence-electron chi connectivity index (χ2n) is 8.42. The van der Waals surface area contributed by atoms with Gasteiger partial charge in [-0.15, -0.1) is 15.3 Å². The normalized spacial score (nSPS) is 15.3. The van der Waals surface area contributed by atoms with Gasteiger partial charge in [0, 0.05) is 11.8 Å². The van der Waals surface area contributed by atoms with Gasteiger partial charge < -0.3 is 9.32 Å². The van der Waals surface area contributed by atoms with Crippen LogP contribution in [0.4, 0.5) is 8.78 Å². The molecule has 176 valence electrons. The van der Waals surface area contributed by atoms with Crippen molar-refractivity contribution in [3.05, 3.63) is 65.9 Å². The molecule has 1 aliphatic rings. The molecular weight excluding hydrogens is 440 g/mol. The van der Waals surface area contributed by atoms with Crippen molar-refractivity contribution >= 4 is 0 Å². The predicted octanol–water partition coefficient (Wildman–Crippen LogP) is 4.58. The standard InChI is InChI=1S/C24H25F2N7O/c1-2-32-10-8-16(9-11-32)17-4-3-5-18(12-17)21-15-33(31-28-21)14-20-7-6-19(13-27-20)23-29-30-24(34-23)22(25)26/h3-7,12-13,15-16,22H,2,8-11,14H2,1H3. The second-order valence-corrected chi connectivity index (χ2v) is 8.42. The van der Waals surface area contributed by atoms with Crippen LogP contribution in [0.15, 0.2) is 53.2 Å². The molecule has 0 atom stereocenters. The van der Waals surface area contributed by atoms with Crippen LogP contribution in [-0.4, -0.2) is 54.7 Å². The number of rotatable bonds is 7. The van der Waals surface area contributed by atoms with Crippen LogP contribution in [0.2, 0.25) is 0 Å². The first-order valence-electron chi connectivity index (χ1n) is 11.4. The van der Waals surface area contributed by atoms with Crippen LogP contribution in [0.5, 0.6) is 0 Å². The monoisotopic (exact) mass is 465 g/mol. The van der Waals surface area contributed by atoms with Gasteiger partial charge in [-0.2, -0.15) is 8.78 Å². The van der Waals surface area contributed by atoms with Crippen molar-refractivity contribution in [3.63, 3.8) is 0 Å². The number of alkyl halides is 2. The van der Waals surface area contributed by atoms with Crippen LogP contribution in [0.3, 0.4) is 0 Å². The molecule has 0 N–H and O–H groups in total. The Bertz CT molecular complexity index is 1230. The van der Waals surface area contributed by atoms with Gasteiger partial charge in [0.15, 0.2) is 0 Å². The maximum absolute atomic E-state index is 12.6. The zero-order valence-electron chi connectivity index (χ0n) is 18.8. The molecule has 0 bridgehead atoms. The lowest BCUT2D eigenvalue weighted by molar-refractivity contribution is 0.116. The molecule has 0 spiro atoms. The summed E-state index contributed by atoms with van der Waals surface area (Å²) in [6.07, 6.45) is 2.98. The minimum Gasteiger partial charge on any atom is -0.415 e. The van der Waals surface area contributed by atoms with E-state index in [4.69, 9.17) is 4.42 Å². The lowest BCUT2D eigenvalue weighted by Crippen LogP contribution is -2.32. The van der Waals surface area contributed by atoms with Crippen LogP contribution in [0.1, 0.15) is 49.3 Å². The fourth-order valence-corrected chi connectivity index (χ4v) is 4.29. The molecule has 3 aromatic heterocycles. The maximum atomic E-state index is 12.6. The van der Waals surface area contributed by atoms with E-state index in [1.165, 1.54) is 24.6 Å². The van der Waals surface area contributed by atoms with E-state index < -0.39 is 12.3 Å². The Morgan fingerprint density at radius 1 is 1.06 bits per heavy atom. The highest BCUT2D eigenvalue weighted by atomic mass is 19.3. The molecule has 34 heavy (non-hydrogen) atoms. The average molecular weight is 466 g/mol. The average Bonchev–Trinajstić information content (AvgIpc) is 3.55. The summed E-state index contributed by atoms with van der Waals surface area (Å²) < 4.78 is 32.0. The summed E-state index contributed by atoms with van der Waals surface area (Å²) in [5, 5.41) is 15.6. The summed E-state index contributed by atoms with van der Waals surface area (Å²) in [6.45, 7) is 6.05. The molecule has 8 nitrogen and oxygen atoms in total. The van der Waals surface area contributed by atoms with Gasteiger partial charge in [-0.1, -0.05) is 30.3 Å². The smallest absolute Gasteiger partial charge is 0.314 e. The van der Waals surface area contributed by atoms with Crippen molar-refractivity contribution in [1.29, 1.82) is 0 Å². The van der Waals surface area contributed by atoms with Crippen molar-refractivity contribution < 1.29 is 13.2 Å². The third kappa shape index (κ3) is 4.86. The number of hydrogen-bond acceptors (Lipinski definition) is 7. The molecule has 0 amide bonds. The van der Waals surface area contributed by atoms with Gasteiger partial charge >= 0.3 is 6.43 Å². The van der Waals surface area contributed by atoms with Crippen LogP contribution in [0.25, 0.3) is 22.7 Å². The van der Waals surface area contributed by atoms with Gasteiger partial charge in [0.05, 0.1) is 24.0 Å². The van der Waals surface area contributed by atoms with Gasteiger partial charge in [-0.3, -0.25) is 4.98 Å². The highest BCUT2D eigenvalue weighted by molar-refractivity contribution is 5.59. The largest absolute Gasteiger partial charge is 0.415 e. The Labute approximate surface area is 195 Å². The number of benzene rings is 1. The predicted molar refractivity (Wildman–Crippen MR) is 121 cm³/mol. The van der Waals surface area contributed by atoms with Gasteiger partial charge in [0.25, 0.3) is 5.89 Å². The molecule has 0 saturated carbocycles. The number of halogens is 2. The number of likely N-dealkylation sites (tertiary alicyclic amines) is 1. The van der Waals surface area contributed by atoms with E-state index >= 15 is 0 Å². The van der Waals surface area contributed by atoms with Crippen LogP contribution < -0.4 is 0 Å². The summed E-state index contributed by atoms with van der Waals surface area (Å²) in [6, 6.07) is 12.1. The van der Waals surface area contributed by atoms with Crippen molar-refractivity contribution in [2.45, 2.75) is 38.7 Å². The molecule has 0 aliphatic carbocycles. The molecule has 4 heterocycles. The fourth-order valence-electron chi connectivity index (χ4n) is 4.29. The molecular formula is C24H25F2N7O. The van der Waals surface area contributed by atoms with E-state index in [1.54, 1.807) is 16.8 Å². The summed E-state index contributed by atoms with van der Waals surface area (Å²) in [5.41, 5.74) is 4.44. The molecule has 0 radical (unpaired) electrons. The lowest BCUT2D eigenvalue weighted by Gasteiger charge is -2.31. The van der Waals surface area contributed by atoms with Crippen LogP contribution in [0, 0.1) is 0 Å². The molecule has 10 heteroatoms. The van der Waals surface area contributed by atoms with E-state index in [9.17, 15) is 8.78 Å². The second kappa shape index (κ2) is 9.76. The highest BCUT2D eigenvalue weighted by Crippen LogP contribution is 2.30. The first kappa shape index (κ1) is 22.3. The van der Waals surface area contributed by atoms with E-state index in [2.05, 4.69) is 61.6 Å².